The van der Waals surface area contributed by atoms with Crippen molar-refractivity contribution in [3.05, 3.63) is 28.2 Å². The maximum atomic E-state index is 9.91. The van der Waals surface area contributed by atoms with Crippen LogP contribution in [0.1, 0.15) is 31.2 Å². The molecule has 0 heterocycles. The van der Waals surface area contributed by atoms with Crippen LogP contribution < -0.4 is 5.32 Å². The maximum absolute atomic E-state index is 9.91. The van der Waals surface area contributed by atoms with E-state index in [4.69, 9.17) is 5.26 Å². The van der Waals surface area contributed by atoms with Gasteiger partial charge in [-0.3, -0.25) is 0 Å². The third-order valence-electron chi connectivity index (χ3n) is 3.53. The quantitative estimate of drug-likeness (QED) is 0.901. The molecule has 1 aliphatic rings. The van der Waals surface area contributed by atoms with E-state index in [1.54, 1.807) is 6.07 Å². The van der Waals surface area contributed by atoms with Crippen LogP contribution >= 0.6 is 15.9 Å². The summed E-state index contributed by atoms with van der Waals surface area (Å²) >= 11 is 3.36. The molecule has 1 aliphatic carbocycles. The van der Waals surface area contributed by atoms with Crippen molar-refractivity contribution in [3.63, 3.8) is 0 Å². The molecular formula is C14H17BrN2O. The van der Waals surface area contributed by atoms with Gasteiger partial charge in [-0.2, -0.15) is 5.26 Å². The van der Waals surface area contributed by atoms with Gasteiger partial charge >= 0.3 is 0 Å². The van der Waals surface area contributed by atoms with Crippen LogP contribution in [-0.4, -0.2) is 17.8 Å². The van der Waals surface area contributed by atoms with Crippen LogP contribution in [0.25, 0.3) is 0 Å². The Hall–Kier alpha value is -1.05. The van der Waals surface area contributed by atoms with Gasteiger partial charge in [-0.1, -0.05) is 28.8 Å². The zero-order valence-corrected chi connectivity index (χ0v) is 11.8. The minimum atomic E-state index is -0.202. The molecule has 2 rings (SSSR count). The van der Waals surface area contributed by atoms with Gasteiger partial charge in [-0.15, -0.1) is 0 Å². The van der Waals surface area contributed by atoms with Crippen LogP contribution in [0.4, 0.5) is 5.69 Å². The lowest BCUT2D eigenvalue weighted by Crippen LogP contribution is -2.30. The van der Waals surface area contributed by atoms with E-state index in [1.807, 2.05) is 12.1 Å². The Morgan fingerprint density at radius 3 is 2.89 bits per heavy atom. The highest BCUT2D eigenvalue weighted by atomic mass is 79.9. The van der Waals surface area contributed by atoms with Gasteiger partial charge in [-0.05, 0) is 31.0 Å². The van der Waals surface area contributed by atoms with E-state index in [1.165, 1.54) is 6.42 Å². The number of hydrogen-bond acceptors (Lipinski definition) is 3. The van der Waals surface area contributed by atoms with Crippen LogP contribution in [0.3, 0.4) is 0 Å². The first-order valence-electron chi connectivity index (χ1n) is 6.32. The Labute approximate surface area is 116 Å². The molecule has 0 spiro atoms. The van der Waals surface area contributed by atoms with Gasteiger partial charge in [0, 0.05) is 16.9 Å². The van der Waals surface area contributed by atoms with E-state index < -0.39 is 0 Å². The minimum Gasteiger partial charge on any atom is -0.393 e. The lowest BCUT2D eigenvalue weighted by Gasteiger charge is -2.28. The van der Waals surface area contributed by atoms with Gasteiger partial charge < -0.3 is 10.4 Å². The van der Waals surface area contributed by atoms with Crippen molar-refractivity contribution in [1.29, 1.82) is 5.26 Å². The molecule has 0 radical (unpaired) electrons. The smallest absolute Gasteiger partial charge is 0.101 e. The second-order valence-corrected chi connectivity index (χ2v) is 5.71. The zero-order chi connectivity index (χ0) is 13.0. The van der Waals surface area contributed by atoms with Crippen molar-refractivity contribution < 1.29 is 5.11 Å². The fourth-order valence-electron chi connectivity index (χ4n) is 2.43. The van der Waals surface area contributed by atoms with E-state index in [-0.39, 0.29) is 6.10 Å². The predicted molar refractivity (Wildman–Crippen MR) is 75.3 cm³/mol. The van der Waals surface area contributed by atoms with Gasteiger partial charge in [0.15, 0.2) is 0 Å². The summed E-state index contributed by atoms with van der Waals surface area (Å²) in [6.07, 6.45) is 4.07. The first-order valence-corrected chi connectivity index (χ1v) is 7.11. The Kier molecular flexibility index (Phi) is 4.62. The average molecular weight is 309 g/mol. The molecule has 2 unspecified atom stereocenters. The van der Waals surface area contributed by atoms with E-state index >= 15 is 0 Å². The van der Waals surface area contributed by atoms with E-state index in [0.29, 0.717) is 11.5 Å². The second kappa shape index (κ2) is 6.21. The van der Waals surface area contributed by atoms with Crippen molar-refractivity contribution in [2.45, 2.75) is 31.8 Å². The van der Waals surface area contributed by atoms with Crippen LogP contribution in [-0.2, 0) is 0 Å². The zero-order valence-electron chi connectivity index (χ0n) is 10.2. The molecule has 0 amide bonds. The Bertz CT molecular complexity index is 456. The van der Waals surface area contributed by atoms with Crippen molar-refractivity contribution in [2.75, 3.05) is 11.9 Å². The molecule has 18 heavy (non-hydrogen) atoms. The van der Waals surface area contributed by atoms with Crippen molar-refractivity contribution >= 4 is 21.6 Å². The number of aliphatic hydroxyl groups is 1. The van der Waals surface area contributed by atoms with Gasteiger partial charge in [0.1, 0.15) is 6.07 Å². The van der Waals surface area contributed by atoms with Gasteiger partial charge in [0.2, 0.25) is 0 Å². The summed E-state index contributed by atoms with van der Waals surface area (Å²) in [5, 5.41) is 22.3. The average Bonchev–Trinajstić information content (AvgIpc) is 2.39. The molecule has 1 aromatic rings. The van der Waals surface area contributed by atoms with Gasteiger partial charge in [-0.25, -0.2) is 0 Å². The van der Waals surface area contributed by atoms with Crippen LogP contribution in [0, 0.1) is 17.2 Å². The molecule has 1 aromatic carbocycles. The molecule has 0 saturated heterocycles. The third-order valence-corrected chi connectivity index (χ3v) is 4.02. The Morgan fingerprint density at radius 2 is 2.17 bits per heavy atom. The van der Waals surface area contributed by atoms with Crippen molar-refractivity contribution in [1.82, 2.24) is 0 Å². The van der Waals surface area contributed by atoms with E-state index in [2.05, 4.69) is 27.3 Å². The largest absolute Gasteiger partial charge is 0.393 e. The van der Waals surface area contributed by atoms with Crippen LogP contribution in [0.15, 0.2) is 22.7 Å². The topological polar surface area (TPSA) is 56.0 Å². The molecule has 1 saturated carbocycles. The fraction of sp³-hybridized carbons (Fsp3) is 0.500. The molecule has 96 valence electrons. The summed E-state index contributed by atoms with van der Waals surface area (Å²) in [4.78, 5) is 0. The van der Waals surface area contributed by atoms with Crippen LogP contribution in [0.2, 0.25) is 0 Å². The highest BCUT2D eigenvalue weighted by molar-refractivity contribution is 9.10. The molecule has 0 aromatic heterocycles. The number of nitrogens with one attached hydrogen (secondary N) is 1. The van der Waals surface area contributed by atoms with Crippen molar-refractivity contribution in [2.24, 2.45) is 5.92 Å². The minimum absolute atomic E-state index is 0.202. The fourth-order valence-corrected chi connectivity index (χ4v) is 2.79. The number of hydrogen-bond donors (Lipinski definition) is 2. The summed E-state index contributed by atoms with van der Waals surface area (Å²) in [5.41, 5.74) is 1.48. The molecule has 0 bridgehead atoms. The number of halogens is 1. The number of aliphatic hydroxyl groups excluding tert-OH is 1. The first kappa shape index (κ1) is 13.4. The third kappa shape index (κ3) is 3.24. The number of benzene rings is 1. The maximum Gasteiger partial charge on any atom is 0.101 e. The van der Waals surface area contributed by atoms with Gasteiger partial charge in [0.05, 0.1) is 17.4 Å². The summed E-state index contributed by atoms with van der Waals surface area (Å²) in [5.74, 6) is 0.300. The van der Waals surface area contributed by atoms with E-state index in [0.717, 1.165) is 36.0 Å². The number of rotatable bonds is 3. The first-order chi connectivity index (χ1) is 8.70. The lowest BCUT2D eigenvalue weighted by molar-refractivity contribution is 0.0763. The Morgan fingerprint density at radius 1 is 1.39 bits per heavy atom. The summed E-state index contributed by atoms with van der Waals surface area (Å²) in [7, 11) is 0. The molecule has 4 heteroatoms. The van der Waals surface area contributed by atoms with Gasteiger partial charge in [0.25, 0.3) is 0 Å². The number of anilines is 1. The highest BCUT2D eigenvalue weighted by Crippen LogP contribution is 2.26. The second-order valence-electron chi connectivity index (χ2n) is 4.79. The highest BCUT2D eigenvalue weighted by Gasteiger charge is 2.22. The standard InChI is InChI=1S/C14H17BrN2O/c15-12-5-6-13(11(7-12)8-16)17-9-10-3-1-2-4-14(10)18/h5-7,10,14,17-18H,1-4,9H2. The van der Waals surface area contributed by atoms with Crippen molar-refractivity contribution in [3.8, 4) is 6.07 Å². The number of nitriles is 1. The SMILES string of the molecule is N#Cc1cc(Br)ccc1NCC1CCCCC1O. The lowest BCUT2D eigenvalue weighted by atomic mass is 9.86. The number of nitrogens with zero attached hydrogens (tertiary/aromatic N) is 1. The summed E-state index contributed by atoms with van der Waals surface area (Å²) < 4.78 is 0.905. The molecule has 0 aliphatic heterocycles. The monoisotopic (exact) mass is 308 g/mol. The predicted octanol–water partition coefficient (Wildman–Crippen LogP) is 3.28. The molecule has 2 N–H and O–H groups in total. The molecular weight excluding hydrogens is 292 g/mol. The Balaban J connectivity index is 1.99. The summed E-state index contributed by atoms with van der Waals surface area (Å²) in [6.45, 7) is 0.734. The van der Waals surface area contributed by atoms with E-state index in [9.17, 15) is 5.11 Å². The molecule has 3 nitrogen and oxygen atoms in total. The normalized spacial score (nSPS) is 23.4. The van der Waals surface area contributed by atoms with Crippen LogP contribution in [0.5, 0.6) is 0 Å². The molecule has 1 fully saturated rings. The summed E-state index contributed by atoms with van der Waals surface area (Å²) in [6, 6.07) is 7.80. The molecule has 2 atom stereocenters.